The second kappa shape index (κ2) is 10.2. The molecule has 1 aliphatic rings. The summed E-state index contributed by atoms with van der Waals surface area (Å²) in [6, 6.07) is 21.3. The van der Waals surface area contributed by atoms with Gasteiger partial charge in [0, 0.05) is 40.5 Å². The predicted octanol–water partition coefficient (Wildman–Crippen LogP) is 5.79. The van der Waals surface area contributed by atoms with Crippen molar-refractivity contribution < 1.29 is 9.59 Å². The first-order valence-corrected chi connectivity index (χ1v) is 12.1. The summed E-state index contributed by atoms with van der Waals surface area (Å²) in [5.74, 6) is -0.346. The van der Waals surface area contributed by atoms with Crippen molar-refractivity contribution in [3.63, 3.8) is 0 Å². The number of halogens is 1. The Labute approximate surface area is 203 Å². The Morgan fingerprint density at radius 1 is 1.00 bits per heavy atom. The first-order chi connectivity index (χ1) is 15.9. The van der Waals surface area contributed by atoms with E-state index in [0.29, 0.717) is 16.8 Å². The Bertz CT molecular complexity index is 1180. The van der Waals surface area contributed by atoms with Crippen LogP contribution in [0.2, 0.25) is 0 Å². The topological polar surface area (TPSA) is 61.4 Å². The lowest BCUT2D eigenvalue weighted by Gasteiger charge is -2.32. The van der Waals surface area contributed by atoms with Crippen LogP contribution >= 0.6 is 15.9 Å². The van der Waals surface area contributed by atoms with Gasteiger partial charge in [0.05, 0.1) is 5.56 Å². The predicted molar refractivity (Wildman–Crippen MR) is 137 cm³/mol. The molecule has 0 fully saturated rings. The zero-order valence-corrected chi connectivity index (χ0v) is 20.5. The Kier molecular flexibility index (Phi) is 7.14. The third-order valence-electron chi connectivity index (χ3n) is 6.05. The molecule has 4 rings (SSSR count). The summed E-state index contributed by atoms with van der Waals surface area (Å²) in [5.41, 5.74) is 5.23. The van der Waals surface area contributed by atoms with Crippen molar-refractivity contribution in [3.05, 3.63) is 93.5 Å². The number of benzene rings is 3. The molecule has 0 radical (unpaired) electrons. The second-order valence-corrected chi connectivity index (χ2v) is 9.34. The molecule has 5 nitrogen and oxygen atoms in total. The molecule has 1 unspecified atom stereocenters. The Balaban J connectivity index is 1.64. The van der Waals surface area contributed by atoms with Crippen LogP contribution in [0, 0.1) is 0 Å². The monoisotopic (exact) mass is 505 g/mol. The van der Waals surface area contributed by atoms with Gasteiger partial charge in [-0.1, -0.05) is 53.2 Å². The average molecular weight is 506 g/mol. The molecule has 0 saturated carbocycles. The molecular formula is C27H28BrN3O2. The lowest BCUT2D eigenvalue weighted by Crippen LogP contribution is -2.35. The molecule has 3 aromatic rings. The molecule has 3 aromatic carbocycles. The summed E-state index contributed by atoms with van der Waals surface area (Å²) in [4.78, 5) is 28.2. The Morgan fingerprint density at radius 3 is 2.55 bits per heavy atom. The van der Waals surface area contributed by atoms with E-state index in [2.05, 4.69) is 55.7 Å². The standard InChI is InChI=1S/C27H28BrN3O2/c1-3-18(2)29-27(33)24-16-23(30-26(32)20-9-6-10-22(28)15-20)11-12-25(24)31-14-13-19-7-4-5-8-21(19)17-31/h4-12,15-16,18H,3,13-14,17H2,1-2H3,(H,29,33)(H,30,32). The molecule has 0 aromatic heterocycles. The summed E-state index contributed by atoms with van der Waals surface area (Å²) < 4.78 is 0.837. The number of carbonyl (C=O) groups is 2. The first-order valence-electron chi connectivity index (χ1n) is 11.3. The number of hydrogen-bond donors (Lipinski definition) is 2. The van der Waals surface area contributed by atoms with E-state index in [9.17, 15) is 9.59 Å². The molecule has 1 heterocycles. The number of hydrogen-bond acceptors (Lipinski definition) is 3. The number of carbonyl (C=O) groups excluding carboxylic acids is 2. The highest BCUT2D eigenvalue weighted by atomic mass is 79.9. The number of amides is 2. The fourth-order valence-corrected chi connectivity index (χ4v) is 4.41. The maximum absolute atomic E-state index is 13.2. The molecule has 0 bridgehead atoms. The molecule has 6 heteroatoms. The molecule has 1 atom stereocenters. The number of rotatable bonds is 6. The third kappa shape index (κ3) is 5.45. The van der Waals surface area contributed by atoms with Gasteiger partial charge in [-0.2, -0.15) is 0 Å². The van der Waals surface area contributed by atoms with Gasteiger partial charge in [-0.3, -0.25) is 9.59 Å². The summed E-state index contributed by atoms with van der Waals surface area (Å²) in [5, 5.41) is 6.02. The summed E-state index contributed by atoms with van der Waals surface area (Å²) >= 11 is 3.40. The van der Waals surface area contributed by atoms with Crippen LogP contribution < -0.4 is 15.5 Å². The number of nitrogens with one attached hydrogen (secondary N) is 2. The molecular weight excluding hydrogens is 478 g/mol. The van der Waals surface area contributed by atoms with E-state index >= 15 is 0 Å². The van der Waals surface area contributed by atoms with Crippen LogP contribution in [0.3, 0.4) is 0 Å². The van der Waals surface area contributed by atoms with Crippen LogP contribution in [0.1, 0.15) is 52.1 Å². The van der Waals surface area contributed by atoms with Crippen LogP contribution in [-0.4, -0.2) is 24.4 Å². The van der Waals surface area contributed by atoms with Gasteiger partial charge in [0.1, 0.15) is 0 Å². The van der Waals surface area contributed by atoms with Crippen molar-refractivity contribution in [2.75, 3.05) is 16.8 Å². The van der Waals surface area contributed by atoms with Gasteiger partial charge in [0.15, 0.2) is 0 Å². The van der Waals surface area contributed by atoms with Gasteiger partial charge in [-0.15, -0.1) is 0 Å². The molecule has 0 spiro atoms. The van der Waals surface area contributed by atoms with Crippen LogP contribution in [0.25, 0.3) is 0 Å². The maximum atomic E-state index is 13.2. The lowest BCUT2D eigenvalue weighted by atomic mass is 9.98. The van der Waals surface area contributed by atoms with E-state index < -0.39 is 0 Å². The minimum Gasteiger partial charge on any atom is -0.366 e. The smallest absolute Gasteiger partial charge is 0.255 e. The van der Waals surface area contributed by atoms with E-state index in [1.165, 1.54) is 11.1 Å². The highest BCUT2D eigenvalue weighted by Crippen LogP contribution is 2.30. The zero-order valence-electron chi connectivity index (χ0n) is 18.9. The van der Waals surface area contributed by atoms with Gasteiger partial charge in [0.25, 0.3) is 11.8 Å². The zero-order chi connectivity index (χ0) is 23.4. The van der Waals surface area contributed by atoms with E-state index in [0.717, 1.165) is 36.1 Å². The molecule has 170 valence electrons. The summed E-state index contributed by atoms with van der Waals surface area (Å²) in [6.45, 7) is 5.63. The average Bonchev–Trinajstić information content (AvgIpc) is 2.83. The first kappa shape index (κ1) is 23.1. The maximum Gasteiger partial charge on any atom is 0.255 e. The number of fused-ring (bicyclic) bond motifs is 1. The van der Waals surface area contributed by atoms with Crippen molar-refractivity contribution in [1.29, 1.82) is 0 Å². The van der Waals surface area contributed by atoms with Crippen molar-refractivity contribution in [2.45, 2.75) is 39.3 Å². The highest BCUT2D eigenvalue weighted by Gasteiger charge is 2.22. The van der Waals surface area contributed by atoms with E-state index in [4.69, 9.17) is 0 Å². The fourth-order valence-electron chi connectivity index (χ4n) is 4.01. The van der Waals surface area contributed by atoms with E-state index in [1.807, 2.05) is 38.1 Å². The largest absolute Gasteiger partial charge is 0.366 e. The van der Waals surface area contributed by atoms with Gasteiger partial charge in [-0.05, 0) is 67.3 Å². The van der Waals surface area contributed by atoms with Gasteiger partial charge in [-0.25, -0.2) is 0 Å². The summed E-state index contributed by atoms with van der Waals surface area (Å²) in [7, 11) is 0. The van der Waals surface area contributed by atoms with Crippen LogP contribution in [-0.2, 0) is 13.0 Å². The van der Waals surface area contributed by atoms with Gasteiger partial charge in [0.2, 0.25) is 0 Å². The van der Waals surface area contributed by atoms with Crippen molar-refractivity contribution in [2.24, 2.45) is 0 Å². The fraction of sp³-hybridized carbons (Fsp3) is 0.259. The molecule has 0 saturated heterocycles. The van der Waals surface area contributed by atoms with Crippen LogP contribution in [0.5, 0.6) is 0 Å². The Morgan fingerprint density at radius 2 is 1.79 bits per heavy atom. The van der Waals surface area contributed by atoms with Crippen LogP contribution in [0.4, 0.5) is 11.4 Å². The lowest BCUT2D eigenvalue weighted by molar-refractivity contribution is 0.0938. The normalized spacial score (nSPS) is 13.7. The van der Waals surface area contributed by atoms with Crippen molar-refractivity contribution in [3.8, 4) is 0 Å². The third-order valence-corrected chi connectivity index (χ3v) is 6.54. The molecule has 33 heavy (non-hydrogen) atoms. The number of anilines is 2. The summed E-state index contributed by atoms with van der Waals surface area (Å²) in [6.07, 6.45) is 1.78. The highest BCUT2D eigenvalue weighted by molar-refractivity contribution is 9.10. The van der Waals surface area contributed by atoms with Crippen LogP contribution in [0.15, 0.2) is 71.2 Å². The second-order valence-electron chi connectivity index (χ2n) is 8.42. The van der Waals surface area contributed by atoms with E-state index in [-0.39, 0.29) is 17.9 Å². The molecule has 2 amide bonds. The molecule has 2 N–H and O–H groups in total. The molecule has 0 aliphatic carbocycles. The Hall–Kier alpha value is -3.12. The molecule has 1 aliphatic heterocycles. The van der Waals surface area contributed by atoms with Crippen molar-refractivity contribution >= 4 is 39.1 Å². The van der Waals surface area contributed by atoms with Gasteiger partial charge >= 0.3 is 0 Å². The SMILES string of the molecule is CCC(C)NC(=O)c1cc(NC(=O)c2cccc(Br)c2)ccc1N1CCc2ccccc2C1. The quantitative estimate of drug-likeness (QED) is 0.445. The van der Waals surface area contributed by atoms with Crippen molar-refractivity contribution in [1.82, 2.24) is 5.32 Å². The minimum atomic E-state index is -0.218. The van der Waals surface area contributed by atoms with E-state index in [1.54, 1.807) is 18.2 Å². The number of nitrogens with zero attached hydrogens (tertiary/aromatic N) is 1. The van der Waals surface area contributed by atoms with Gasteiger partial charge < -0.3 is 15.5 Å². The minimum absolute atomic E-state index is 0.0624.